The van der Waals surface area contributed by atoms with Crippen LogP contribution in [0.3, 0.4) is 0 Å². The molecule has 128 valence electrons. The molecule has 1 aromatic heterocycles. The second kappa shape index (κ2) is 7.63. The van der Waals surface area contributed by atoms with Gasteiger partial charge in [0.1, 0.15) is 10.7 Å². The van der Waals surface area contributed by atoms with Crippen molar-refractivity contribution in [1.29, 1.82) is 0 Å². The zero-order chi connectivity index (χ0) is 17.8. The van der Waals surface area contributed by atoms with Gasteiger partial charge >= 0.3 is 5.97 Å². The normalized spacial score (nSPS) is 10.6. The van der Waals surface area contributed by atoms with Crippen molar-refractivity contribution in [1.82, 2.24) is 5.32 Å². The van der Waals surface area contributed by atoms with Gasteiger partial charge in [0.05, 0.1) is 5.02 Å². The van der Waals surface area contributed by atoms with Crippen molar-refractivity contribution in [2.24, 2.45) is 0 Å². The maximum Gasteiger partial charge on any atom is 0.350 e. The SMILES string of the molecule is O=C(COC(=O)c1sc2ccccc2c1Cl)NCc1ccc(F)cc1. The third kappa shape index (κ3) is 4.15. The van der Waals surface area contributed by atoms with Gasteiger partial charge in [-0.1, -0.05) is 41.9 Å². The number of amides is 1. The van der Waals surface area contributed by atoms with Crippen molar-refractivity contribution in [3.8, 4) is 0 Å². The Morgan fingerprint density at radius 3 is 2.56 bits per heavy atom. The number of thiophene rings is 1. The third-order valence-corrected chi connectivity index (χ3v) is 5.11. The van der Waals surface area contributed by atoms with Gasteiger partial charge in [-0.25, -0.2) is 9.18 Å². The fraction of sp³-hybridized carbons (Fsp3) is 0.111. The molecule has 0 spiro atoms. The average Bonchev–Trinajstić information content (AvgIpc) is 2.96. The highest BCUT2D eigenvalue weighted by Gasteiger charge is 2.19. The standard InChI is InChI=1S/C18H13ClFNO3S/c19-16-13-3-1-2-4-14(13)25-17(16)18(23)24-10-15(22)21-9-11-5-7-12(20)8-6-11/h1-8H,9-10H2,(H,21,22). The summed E-state index contributed by atoms with van der Waals surface area (Å²) in [7, 11) is 0. The number of halogens is 2. The number of nitrogens with one attached hydrogen (secondary N) is 1. The molecule has 0 aliphatic rings. The Labute approximate surface area is 152 Å². The highest BCUT2D eigenvalue weighted by Crippen LogP contribution is 2.35. The summed E-state index contributed by atoms with van der Waals surface area (Å²) in [4.78, 5) is 24.2. The summed E-state index contributed by atoms with van der Waals surface area (Å²) in [6.45, 7) is -0.190. The Balaban J connectivity index is 1.55. The molecule has 0 fully saturated rings. The maximum atomic E-state index is 12.8. The first-order valence-corrected chi connectivity index (χ1v) is 8.59. The molecule has 0 saturated heterocycles. The molecule has 2 aromatic carbocycles. The summed E-state index contributed by atoms with van der Waals surface area (Å²) in [5, 5.41) is 3.71. The molecule has 1 amide bonds. The molecule has 0 aliphatic carbocycles. The highest BCUT2D eigenvalue weighted by molar-refractivity contribution is 7.21. The van der Waals surface area contributed by atoms with E-state index in [1.165, 1.54) is 23.5 Å². The lowest BCUT2D eigenvalue weighted by molar-refractivity contribution is -0.124. The summed E-state index contributed by atoms with van der Waals surface area (Å²) < 4.78 is 18.7. The molecule has 0 saturated carbocycles. The molecule has 3 aromatic rings. The van der Waals surface area contributed by atoms with Crippen LogP contribution >= 0.6 is 22.9 Å². The van der Waals surface area contributed by atoms with Gasteiger partial charge in [0.15, 0.2) is 6.61 Å². The summed E-state index contributed by atoms with van der Waals surface area (Å²) in [6.07, 6.45) is 0. The molecule has 0 bridgehead atoms. The minimum Gasteiger partial charge on any atom is -0.451 e. The predicted molar refractivity (Wildman–Crippen MR) is 95.4 cm³/mol. The molecule has 25 heavy (non-hydrogen) atoms. The van der Waals surface area contributed by atoms with Crippen LogP contribution in [0.4, 0.5) is 4.39 Å². The lowest BCUT2D eigenvalue weighted by Crippen LogP contribution is -2.28. The number of benzene rings is 2. The smallest absolute Gasteiger partial charge is 0.350 e. The molecule has 1 heterocycles. The lowest BCUT2D eigenvalue weighted by Gasteiger charge is -2.06. The number of rotatable bonds is 5. The molecule has 7 heteroatoms. The summed E-state index contributed by atoms with van der Waals surface area (Å²) in [5.41, 5.74) is 0.744. The van der Waals surface area contributed by atoms with Crippen LogP contribution in [0.2, 0.25) is 5.02 Å². The summed E-state index contributed by atoms with van der Waals surface area (Å²) in [6, 6.07) is 13.1. The van der Waals surface area contributed by atoms with Crippen LogP contribution in [-0.4, -0.2) is 18.5 Å². The van der Waals surface area contributed by atoms with E-state index in [9.17, 15) is 14.0 Å². The van der Waals surface area contributed by atoms with Crippen molar-refractivity contribution in [3.05, 3.63) is 69.8 Å². The van der Waals surface area contributed by atoms with Gasteiger partial charge in [-0.05, 0) is 23.8 Å². The van der Waals surface area contributed by atoms with Gasteiger partial charge in [-0.2, -0.15) is 0 Å². The van der Waals surface area contributed by atoms with E-state index in [1.807, 2.05) is 24.3 Å². The first kappa shape index (κ1) is 17.4. The zero-order valence-corrected chi connectivity index (χ0v) is 14.5. The lowest BCUT2D eigenvalue weighted by atomic mass is 10.2. The van der Waals surface area contributed by atoms with Crippen LogP contribution in [0.15, 0.2) is 48.5 Å². The number of carbonyl (C=O) groups is 2. The largest absolute Gasteiger partial charge is 0.451 e. The molecule has 0 unspecified atom stereocenters. The second-order valence-electron chi connectivity index (χ2n) is 5.22. The van der Waals surface area contributed by atoms with Crippen molar-refractivity contribution in [3.63, 3.8) is 0 Å². The molecule has 0 radical (unpaired) electrons. The van der Waals surface area contributed by atoms with E-state index in [1.54, 1.807) is 12.1 Å². The summed E-state index contributed by atoms with van der Waals surface area (Å²) in [5.74, 6) is -1.43. The quantitative estimate of drug-likeness (QED) is 0.679. The van der Waals surface area contributed by atoms with Gasteiger partial charge < -0.3 is 10.1 Å². The zero-order valence-electron chi connectivity index (χ0n) is 12.9. The molecule has 1 N–H and O–H groups in total. The molecular formula is C18H13ClFNO3S. The van der Waals surface area contributed by atoms with Crippen LogP contribution < -0.4 is 5.32 Å². The Morgan fingerprint density at radius 2 is 1.84 bits per heavy atom. The minimum atomic E-state index is -0.636. The fourth-order valence-electron chi connectivity index (χ4n) is 2.20. The van der Waals surface area contributed by atoms with E-state index in [4.69, 9.17) is 16.3 Å². The first-order valence-electron chi connectivity index (χ1n) is 7.40. The van der Waals surface area contributed by atoms with Gasteiger partial charge in [0.25, 0.3) is 5.91 Å². The maximum absolute atomic E-state index is 12.8. The van der Waals surface area contributed by atoms with Crippen LogP contribution in [-0.2, 0) is 16.1 Å². The molecule has 3 rings (SSSR count). The molecule has 4 nitrogen and oxygen atoms in total. The van der Waals surface area contributed by atoms with Gasteiger partial charge in [-0.3, -0.25) is 4.79 Å². The van der Waals surface area contributed by atoms with E-state index in [-0.39, 0.29) is 17.2 Å². The Morgan fingerprint density at radius 1 is 1.12 bits per heavy atom. The van der Waals surface area contributed by atoms with Gasteiger partial charge in [-0.15, -0.1) is 11.3 Å². The number of esters is 1. The molecular weight excluding hydrogens is 365 g/mol. The number of hydrogen-bond acceptors (Lipinski definition) is 4. The second-order valence-corrected chi connectivity index (χ2v) is 6.65. The van der Waals surface area contributed by atoms with Crippen LogP contribution in [0, 0.1) is 5.82 Å². The predicted octanol–water partition coefficient (Wildman–Crippen LogP) is 4.17. The molecule has 0 aliphatic heterocycles. The van der Waals surface area contributed by atoms with Gasteiger partial charge in [0.2, 0.25) is 0 Å². The number of carbonyl (C=O) groups excluding carboxylic acids is 2. The molecule has 0 atom stereocenters. The number of hydrogen-bond donors (Lipinski definition) is 1. The van der Waals surface area contributed by atoms with E-state index in [0.717, 1.165) is 15.6 Å². The minimum absolute atomic E-state index is 0.223. The van der Waals surface area contributed by atoms with E-state index >= 15 is 0 Å². The van der Waals surface area contributed by atoms with Crippen molar-refractivity contribution in [2.45, 2.75) is 6.54 Å². The third-order valence-electron chi connectivity index (χ3n) is 3.46. The Hall–Kier alpha value is -2.44. The number of ether oxygens (including phenoxy) is 1. The van der Waals surface area contributed by atoms with Crippen molar-refractivity contribution >= 4 is 44.9 Å². The number of fused-ring (bicyclic) bond motifs is 1. The van der Waals surface area contributed by atoms with Crippen LogP contribution in [0.25, 0.3) is 10.1 Å². The van der Waals surface area contributed by atoms with E-state index in [2.05, 4.69) is 5.32 Å². The van der Waals surface area contributed by atoms with E-state index < -0.39 is 18.5 Å². The van der Waals surface area contributed by atoms with Crippen molar-refractivity contribution in [2.75, 3.05) is 6.61 Å². The first-order chi connectivity index (χ1) is 12.0. The van der Waals surface area contributed by atoms with Crippen LogP contribution in [0.1, 0.15) is 15.2 Å². The highest BCUT2D eigenvalue weighted by atomic mass is 35.5. The van der Waals surface area contributed by atoms with Crippen LogP contribution in [0.5, 0.6) is 0 Å². The average molecular weight is 378 g/mol. The van der Waals surface area contributed by atoms with Crippen molar-refractivity contribution < 1.29 is 18.7 Å². The Kier molecular flexibility index (Phi) is 5.31. The topological polar surface area (TPSA) is 55.4 Å². The monoisotopic (exact) mass is 377 g/mol. The van der Waals surface area contributed by atoms with E-state index in [0.29, 0.717) is 5.02 Å². The Bertz CT molecular complexity index is 924. The van der Waals surface area contributed by atoms with Gasteiger partial charge in [0, 0.05) is 16.6 Å². The fourth-order valence-corrected chi connectivity index (χ4v) is 3.60. The summed E-state index contributed by atoms with van der Waals surface area (Å²) >= 11 is 7.42.